The number of carbonyl (C=O) groups excluding carboxylic acids is 1. The summed E-state index contributed by atoms with van der Waals surface area (Å²) >= 11 is 0. The topological polar surface area (TPSA) is 64.4 Å². The third-order valence-corrected chi connectivity index (χ3v) is 3.70. The fourth-order valence-electron chi connectivity index (χ4n) is 2.47. The average Bonchev–Trinajstić information content (AvgIpc) is 3.07. The second-order valence-electron chi connectivity index (χ2n) is 5.38. The maximum absolute atomic E-state index is 13.1. The Balaban J connectivity index is 2.16. The quantitative estimate of drug-likeness (QED) is 0.714. The maximum atomic E-state index is 13.1. The van der Waals surface area contributed by atoms with Crippen molar-refractivity contribution in [2.45, 2.75) is 6.18 Å². The van der Waals surface area contributed by atoms with E-state index in [4.69, 9.17) is 0 Å². The van der Waals surface area contributed by atoms with Crippen molar-refractivity contribution in [2.75, 3.05) is 7.11 Å². The van der Waals surface area contributed by atoms with E-state index in [0.29, 0.717) is 5.56 Å². The normalized spacial score (nSPS) is 11.4. The van der Waals surface area contributed by atoms with E-state index < -0.39 is 23.6 Å². The smallest absolute Gasteiger partial charge is 0.435 e. The molecule has 0 aliphatic carbocycles. The summed E-state index contributed by atoms with van der Waals surface area (Å²) in [5.74, 6) is -1.17. The number of ether oxygens (including phenoxy) is 1. The van der Waals surface area contributed by atoms with Crippen LogP contribution in [-0.2, 0) is 10.9 Å². The molecule has 1 aromatic heterocycles. The summed E-state index contributed by atoms with van der Waals surface area (Å²) in [6.07, 6.45) is -4.62. The van der Waals surface area contributed by atoms with Gasteiger partial charge in [-0.25, -0.2) is 9.48 Å². The summed E-state index contributed by atoms with van der Waals surface area (Å²) in [4.78, 5) is 11.6. The first-order chi connectivity index (χ1) is 12.3. The zero-order valence-corrected chi connectivity index (χ0v) is 13.5. The molecular formula is C18H13F3N2O3. The molecule has 0 spiro atoms. The van der Waals surface area contributed by atoms with E-state index in [1.807, 2.05) is 0 Å². The second kappa shape index (κ2) is 6.55. The highest BCUT2D eigenvalue weighted by atomic mass is 19.4. The van der Waals surface area contributed by atoms with Crippen molar-refractivity contribution < 1.29 is 27.8 Å². The number of hydrogen-bond donors (Lipinski definition) is 1. The highest BCUT2D eigenvalue weighted by Crippen LogP contribution is 2.34. The van der Waals surface area contributed by atoms with E-state index in [0.717, 1.165) is 23.9 Å². The Hall–Kier alpha value is -3.29. The van der Waals surface area contributed by atoms with Crippen LogP contribution in [0.4, 0.5) is 13.2 Å². The summed E-state index contributed by atoms with van der Waals surface area (Å²) < 4.78 is 45.0. The zero-order valence-electron chi connectivity index (χ0n) is 13.5. The summed E-state index contributed by atoms with van der Waals surface area (Å²) in [6, 6.07) is 13.2. The number of alkyl halides is 3. The fourth-order valence-corrected chi connectivity index (χ4v) is 2.47. The van der Waals surface area contributed by atoms with Gasteiger partial charge in [-0.15, -0.1) is 0 Å². The number of phenolic OH excluding ortho intramolecular Hbond substituents is 1. The fraction of sp³-hybridized carbons (Fsp3) is 0.111. The van der Waals surface area contributed by atoms with Gasteiger partial charge < -0.3 is 9.84 Å². The molecule has 3 aromatic rings. The molecule has 1 heterocycles. The van der Waals surface area contributed by atoms with Crippen LogP contribution in [0.25, 0.3) is 16.9 Å². The van der Waals surface area contributed by atoms with Gasteiger partial charge in [0.05, 0.1) is 18.5 Å². The number of rotatable bonds is 3. The van der Waals surface area contributed by atoms with E-state index in [-0.39, 0.29) is 16.9 Å². The van der Waals surface area contributed by atoms with Gasteiger partial charge in [-0.2, -0.15) is 18.3 Å². The van der Waals surface area contributed by atoms with Crippen molar-refractivity contribution in [2.24, 2.45) is 0 Å². The molecular weight excluding hydrogens is 349 g/mol. The van der Waals surface area contributed by atoms with Crippen molar-refractivity contribution >= 4 is 5.97 Å². The lowest BCUT2D eigenvalue weighted by Crippen LogP contribution is -2.08. The minimum atomic E-state index is -4.62. The molecule has 0 radical (unpaired) electrons. The van der Waals surface area contributed by atoms with Crippen LogP contribution in [0, 0.1) is 0 Å². The van der Waals surface area contributed by atoms with Crippen LogP contribution in [0.1, 0.15) is 16.1 Å². The van der Waals surface area contributed by atoms with Gasteiger partial charge in [0.2, 0.25) is 0 Å². The van der Waals surface area contributed by atoms with Gasteiger partial charge in [-0.05, 0) is 18.2 Å². The molecule has 8 heteroatoms. The Bertz CT molecular complexity index is 950. The summed E-state index contributed by atoms with van der Waals surface area (Å²) in [5.41, 5.74) is -0.270. The number of aromatic nitrogens is 2. The molecule has 0 saturated heterocycles. The number of nitrogens with zero attached hydrogens (tertiary/aromatic N) is 2. The van der Waals surface area contributed by atoms with Gasteiger partial charge in [0, 0.05) is 11.6 Å². The Morgan fingerprint density at radius 1 is 1.12 bits per heavy atom. The number of methoxy groups -OCH3 is 1. The predicted molar refractivity (Wildman–Crippen MR) is 87.0 cm³/mol. The molecule has 5 nitrogen and oxygen atoms in total. The van der Waals surface area contributed by atoms with Gasteiger partial charge in [0.15, 0.2) is 5.69 Å². The van der Waals surface area contributed by atoms with Crippen molar-refractivity contribution in [3.05, 3.63) is 65.9 Å². The molecule has 3 rings (SSSR count). The van der Waals surface area contributed by atoms with Crippen LogP contribution in [0.2, 0.25) is 0 Å². The molecule has 0 unspecified atom stereocenters. The minimum Gasteiger partial charge on any atom is -0.507 e. The summed E-state index contributed by atoms with van der Waals surface area (Å²) in [7, 11) is 1.16. The molecule has 26 heavy (non-hydrogen) atoms. The van der Waals surface area contributed by atoms with Crippen molar-refractivity contribution in [3.8, 4) is 22.7 Å². The number of benzene rings is 2. The van der Waals surface area contributed by atoms with Crippen LogP contribution in [0.5, 0.6) is 5.75 Å². The summed E-state index contributed by atoms with van der Waals surface area (Å²) in [5, 5.41) is 13.6. The van der Waals surface area contributed by atoms with Crippen molar-refractivity contribution in [1.82, 2.24) is 9.78 Å². The Morgan fingerprint density at radius 3 is 2.38 bits per heavy atom. The van der Waals surface area contributed by atoms with E-state index >= 15 is 0 Å². The lowest BCUT2D eigenvalue weighted by Gasteiger charge is -2.10. The highest BCUT2D eigenvalue weighted by Gasteiger charge is 2.35. The van der Waals surface area contributed by atoms with Crippen LogP contribution in [0.15, 0.2) is 54.6 Å². The number of aromatic hydroxyl groups is 1. The van der Waals surface area contributed by atoms with Crippen LogP contribution >= 0.6 is 0 Å². The predicted octanol–water partition coefficient (Wildman–Crippen LogP) is 4.05. The molecule has 2 aromatic carbocycles. The van der Waals surface area contributed by atoms with Gasteiger partial charge in [0.25, 0.3) is 0 Å². The molecule has 0 aliphatic rings. The third kappa shape index (κ3) is 3.26. The van der Waals surface area contributed by atoms with Gasteiger partial charge in [-0.1, -0.05) is 30.3 Å². The molecule has 0 saturated carbocycles. The highest BCUT2D eigenvalue weighted by molar-refractivity contribution is 5.92. The van der Waals surface area contributed by atoms with Crippen LogP contribution in [0.3, 0.4) is 0 Å². The molecule has 134 valence electrons. The summed E-state index contributed by atoms with van der Waals surface area (Å²) in [6.45, 7) is 0. The maximum Gasteiger partial charge on any atom is 0.435 e. The Kier molecular flexibility index (Phi) is 4.41. The van der Waals surface area contributed by atoms with Crippen LogP contribution < -0.4 is 0 Å². The first-order valence-corrected chi connectivity index (χ1v) is 7.45. The van der Waals surface area contributed by atoms with Crippen molar-refractivity contribution in [1.29, 1.82) is 0 Å². The van der Waals surface area contributed by atoms with Crippen molar-refractivity contribution in [3.63, 3.8) is 0 Å². The molecule has 0 aliphatic heterocycles. The molecule has 0 amide bonds. The molecule has 0 atom stereocenters. The number of hydrogen-bond acceptors (Lipinski definition) is 4. The van der Waals surface area contributed by atoms with Gasteiger partial charge >= 0.3 is 12.1 Å². The Labute approximate surface area is 146 Å². The van der Waals surface area contributed by atoms with E-state index in [1.165, 1.54) is 12.1 Å². The van der Waals surface area contributed by atoms with Gasteiger partial charge in [-0.3, -0.25) is 0 Å². The first kappa shape index (κ1) is 17.5. The number of halogens is 3. The van der Waals surface area contributed by atoms with E-state index in [1.54, 1.807) is 30.3 Å². The standard InChI is InChI=1S/C18H13F3N2O3/c1-26-17(25)13-8-7-12(9-15(13)24)23-14(11-5-3-2-4-6-11)10-16(22-23)18(19,20)21/h2-10,24H,1H3. The lowest BCUT2D eigenvalue weighted by atomic mass is 10.1. The monoisotopic (exact) mass is 362 g/mol. The first-order valence-electron chi connectivity index (χ1n) is 7.45. The molecule has 1 N–H and O–H groups in total. The zero-order chi connectivity index (χ0) is 18.9. The van der Waals surface area contributed by atoms with Crippen LogP contribution in [-0.4, -0.2) is 28.0 Å². The largest absolute Gasteiger partial charge is 0.507 e. The van der Waals surface area contributed by atoms with E-state index in [2.05, 4.69) is 9.84 Å². The third-order valence-electron chi connectivity index (χ3n) is 3.70. The average molecular weight is 362 g/mol. The number of esters is 1. The number of carbonyl (C=O) groups is 1. The van der Waals surface area contributed by atoms with Gasteiger partial charge in [0.1, 0.15) is 11.3 Å². The molecule has 0 fully saturated rings. The lowest BCUT2D eigenvalue weighted by molar-refractivity contribution is -0.141. The number of phenols is 1. The second-order valence-corrected chi connectivity index (χ2v) is 5.38. The minimum absolute atomic E-state index is 0.0966. The molecule has 0 bridgehead atoms. The van der Waals surface area contributed by atoms with E-state index in [9.17, 15) is 23.1 Å². The Morgan fingerprint density at radius 2 is 1.81 bits per heavy atom. The SMILES string of the molecule is COC(=O)c1ccc(-n2nc(C(F)(F)F)cc2-c2ccccc2)cc1O.